The number of hydrogen-bond donors (Lipinski definition) is 1. The van der Waals surface area contributed by atoms with Crippen LogP contribution in [-0.4, -0.2) is 12.5 Å². The highest BCUT2D eigenvalue weighted by Crippen LogP contribution is 2.21. The van der Waals surface area contributed by atoms with Crippen LogP contribution in [0.1, 0.15) is 37.0 Å². The first-order valence-electron chi connectivity index (χ1n) is 8.44. The van der Waals surface area contributed by atoms with Crippen LogP contribution in [0.3, 0.4) is 0 Å². The molecular formula is C21H25NO2. The fourth-order valence-electron chi connectivity index (χ4n) is 2.43. The van der Waals surface area contributed by atoms with Crippen molar-refractivity contribution in [3.8, 4) is 5.75 Å². The number of nitrogens with one attached hydrogen (secondary N) is 1. The second kappa shape index (κ2) is 8.92. The minimum absolute atomic E-state index is 0.120. The molecule has 2 aromatic rings. The molecule has 126 valence electrons. The Labute approximate surface area is 144 Å². The largest absolute Gasteiger partial charge is 0.494 e. The van der Waals surface area contributed by atoms with E-state index in [2.05, 4.69) is 19.2 Å². The molecule has 0 spiro atoms. The van der Waals surface area contributed by atoms with Gasteiger partial charge in [-0.3, -0.25) is 4.79 Å². The number of anilines is 1. The van der Waals surface area contributed by atoms with E-state index in [9.17, 15) is 4.79 Å². The summed E-state index contributed by atoms with van der Waals surface area (Å²) in [5.74, 6) is 0.733. The number of ether oxygens (including phenoxy) is 1. The zero-order valence-corrected chi connectivity index (χ0v) is 14.6. The predicted octanol–water partition coefficient (Wildman–Crippen LogP) is 5.00. The molecule has 2 aromatic carbocycles. The summed E-state index contributed by atoms with van der Waals surface area (Å²) in [6, 6.07) is 13.8. The number of carbonyl (C=O) groups is 1. The van der Waals surface area contributed by atoms with Gasteiger partial charge in [-0.25, -0.2) is 0 Å². The van der Waals surface area contributed by atoms with Crippen LogP contribution >= 0.6 is 0 Å². The molecule has 1 N–H and O–H groups in total. The summed E-state index contributed by atoms with van der Waals surface area (Å²) in [5.41, 5.74) is 4.11. The van der Waals surface area contributed by atoms with Gasteiger partial charge in [-0.2, -0.15) is 0 Å². The van der Waals surface area contributed by atoms with Crippen LogP contribution in [0.4, 0.5) is 5.69 Å². The Bertz CT molecular complexity index is 702. The summed E-state index contributed by atoms with van der Waals surface area (Å²) in [7, 11) is 0. The zero-order chi connectivity index (χ0) is 17.4. The van der Waals surface area contributed by atoms with Crippen molar-refractivity contribution in [3.05, 3.63) is 65.2 Å². The Morgan fingerprint density at radius 3 is 2.54 bits per heavy atom. The average molecular weight is 323 g/mol. The molecule has 0 saturated heterocycles. The van der Waals surface area contributed by atoms with E-state index in [0.717, 1.165) is 41.0 Å². The Morgan fingerprint density at radius 1 is 1.12 bits per heavy atom. The molecule has 0 fully saturated rings. The van der Waals surface area contributed by atoms with E-state index in [1.807, 2.05) is 55.5 Å². The van der Waals surface area contributed by atoms with Gasteiger partial charge in [0.1, 0.15) is 5.75 Å². The molecular weight excluding hydrogens is 298 g/mol. The Hall–Kier alpha value is -2.55. The van der Waals surface area contributed by atoms with Gasteiger partial charge in [0.2, 0.25) is 5.91 Å². The number of para-hydroxylation sites is 1. The maximum Gasteiger partial charge on any atom is 0.248 e. The molecule has 0 saturated carbocycles. The van der Waals surface area contributed by atoms with Gasteiger partial charge in [0.25, 0.3) is 0 Å². The van der Waals surface area contributed by atoms with Gasteiger partial charge in [0.05, 0.1) is 6.61 Å². The van der Waals surface area contributed by atoms with Crippen LogP contribution in [0, 0.1) is 6.92 Å². The Kier molecular flexibility index (Phi) is 6.62. The summed E-state index contributed by atoms with van der Waals surface area (Å²) in [6.45, 7) is 6.89. The first kappa shape index (κ1) is 17.8. The maximum atomic E-state index is 12.2. The normalized spacial score (nSPS) is 10.8. The second-order valence-corrected chi connectivity index (χ2v) is 5.70. The van der Waals surface area contributed by atoms with E-state index >= 15 is 0 Å². The molecule has 3 heteroatoms. The summed E-state index contributed by atoms with van der Waals surface area (Å²) >= 11 is 0. The molecule has 0 heterocycles. The fourth-order valence-corrected chi connectivity index (χ4v) is 2.43. The number of benzene rings is 2. The smallest absolute Gasteiger partial charge is 0.248 e. The third-order valence-electron chi connectivity index (χ3n) is 3.77. The maximum absolute atomic E-state index is 12.2. The van der Waals surface area contributed by atoms with Crippen molar-refractivity contribution in [2.24, 2.45) is 0 Å². The van der Waals surface area contributed by atoms with Gasteiger partial charge >= 0.3 is 0 Å². The van der Waals surface area contributed by atoms with E-state index in [-0.39, 0.29) is 5.91 Å². The Balaban J connectivity index is 2.00. The van der Waals surface area contributed by atoms with Gasteiger partial charge in [-0.15, -0.1) is 0 Å². The van der Waals surface area contributed by atoms with Gasteiger partial charge < -0.3 is 10.1 Å². The molecule has 24 heavy (non-hydrogen) atoms. The third-order valence-corrected chi connectivity index (χ3v) is 3.77. The fraction of sp³-hybridized carbons (Fsp3) is 0.286. The van der Waals surface area contributed by atoms with Gasteiger partial charge in [0, 0.05) is 11.8 Å². The second-order valence-electron chi connectivity index (χ2n) is 5.70. The molecule has 0 aliphatic rings. The first-order valence-corrected chi connectivity index (χ1v) is 8.44. The van der Waals surface area contributed by atoms with E-state index in [4.69, 9.17) is 4.74 Å². The highest BCUT2D eigenvalue weighted by atomic mass is 16.5. The van der Waals surface area contributed by atoms with Crippen LogP contribution < -0.4 is 10.1 Å². The van der Waals surface area contributed by atoms with E-state index in [1.165, 1.54) is 0 Å². The Morgan fingerprint density at radius 2 is 1.88 bits per heavy atom. The SMILES string of the molecule is CCCOc1ccc(/C=C/C(=O)Nc2c(C)cccc2CC)cc1. The minimum Gasteiger partial charge on any atom is -0.494 e. The van der Waals surface area contributed by atoms with Gasteiger partial charge in [-0.1, -0.05) is 44.2 Å². The monoisotopic (exact) mass is 323 g/mol. The van der Waals surface area contributed by atoms with Crippen molar-refractivity contribution in [1.29, 1.82) is 0 Å². The molecule has 1 amide bonds. The molecule has 0 aromatic heterocycles. The zero-order valence-electron chi connectivity index (χ0n) is 14.6. The van der Waals surface area contributed by atoms with Crippen molar-refractivity contribution >= 4 is 17.7 Å². The lowest BCUT2D eigenvalue weighted by molar-refractivity contribution is -0.111. The van der Waals surface area contributed by atoms with Crippen LogP contribution in [-0.2, 0) is 11.2 Å². The third kappa shape index (κ3) is 4.98. The highest BCUT2D eigenvalue weighted by molar-refractivity contribution is 6.02. The predicted molar refractivity (Wildman–Crippen MR) is 100 cm³/mol. The van der Waals surface area contributed by atoms with E-state index in [1.54, 1.807) is 6.08 Å². The summed E-state index contributed by atoms with van der Waals surface area (Å²) in [5, 5.41) is 2.99. The first-order chi connectivity index (χ1) is 11.6. The molecule has 0 aliphatic carbocycles. The summed E-state index contributed by atoms with van der Waals surface area (Å²) < 4.78 is 5.55. The minimum atomic E-state index is -0.120. The van der Waals surface area contributed by atoms with Crippen molar-refractivity contribution in [2.45, 2.75) is 33.6 Å². The van der Waals surface area contributed by atoms with Crippen LogP contribution in [0.2, 0.25) is 0 Å². The molecule has 0 unspecified atom stereocenters. The van der Waals surface area contributed by atoms with Crippen LogP contribution in [0.5, 0.6) is 5.75 Å². The molecule has 0 bridgehead atoms. The van der Waals surface area contributed by atoms with Crippen LogP contribution in [0.25, 0.3) is 6.08 Å². The number of aryl methyl sites for hydroxylation is 2. The standard InChI is InChI=1S/C21H25NO2/c1-4-15-24-19-12-9-17(10-13-19)11-14-20(23)22-21-16(3)7-6-8-18(21)5-2/h6-14H,4-5,15H2,1-3H3,(H,22,23)/b14-11+. The number of hydrogen-bond acceptors (Lipinski definition) is 2. The van der Waals surface area contributed by atoms with E-state index < -0.39 is 0 Å². The highest BCUT2D eigenvalue weighted by Gasteiger charge is 2.06. The number of rotatable bonds is 7. The van der Waals surface area contributed by atoms with Crippen LogP contribution in [0.15, 0.2) is 48.5 Å². The quantitative estimate of drug-likeness (QED) is 0.728. The molecule has 2 rings (SSSR count). The molecule has 0 radical (unpaired) electrons. The average Bonchev–Trinajstić information content (AvgIpc) is 2.60. The molecule has 0 atom stereocenters. The summed E-state index contributed by atoms with van der Waals surface area (Å²) in [4.78, 5) is 12.2. The number of amides is 1. The topological polar surface area (TPSA) is 38.3 Å². The van der Waals surface area contributed by atoms with Gasteiger partial charge in [-0.05, 0) is 54.7 Å². The summed E-state index contributed by atoms with van der Waals surface area (Å²) in [6.07, 6.45) is 5.25. The lowest BCUT2D eigenvalue weighted by Crippen LogP contribution is -2.11. The van der Waals surface area contributed by atoms with Crippen molar-refractivity contribution in [3.63, 3.8) is 0 Å². The van der Waals surface area contributed by atoms with Crippen molar-refractivity contribution in [1.82, 2.24) is 0 Å². The molecule has 0 aliphatic heterocycles. The lowest BCUT2D eigenvalue weighted by atomic mass is 10.1. The van der Waals surface area contributed by atoms with Crippen molar-refractivity contribution in [2.75, 3.05) is 11.9 Å². The lowest BCUT2D eigenvalue weighted by Gasteiger charge is -2.11. The number of carbonyl (C=O) groups excluding carboxylic acids is 1. The van der Waals surface area contributed by atoms with Gasteiger partial charge in [0.15, 0.2) is 0 Å². The van der Waals surface area contributed by atoms with E-state index in [0.29, 0.717) is 6.61 Å². The molecule has 3 nitrogen and oxygen atoms in total. The van der Waals surface area contributed by atoms with Crippen molar-refractivity contribution < 1.29 is 9.53 Å².